The highest BCUT2D eigenvalue weighted by atomic mass is 16.5. The summed E-state index contributed by atoms with van der Waals surface area (Å²) in [6, 6.07) is 2.35. The fourth-order valence-electron chi connectivity index (χ4n) is 4.05. The average molecular weight is 557 g/mol. The van der Waals surface area contributed by atoms with E-state index in [1.54, 1.807) is 32.9 Å². The Bertz CT molecular complexity index is 1300. The van der Waals surface area contributed by atoms with Crippen molar-refractivity contribution < 1.29 is 28.7 Å². The summed E-state index contributed by atoms with van der Waals surface area (Å²) in [5, 5.41) is 8.42. The number of methoxy groups -OCH3 is 2. The lowest BCUT2D eigenvalue weighted by Crippen LogP contribution is -2.42. The van der Waals surface area contributed by atoms with Crippen LogP contribution in [0.1, 0.15) is 61.6 Å². The number of H-pyrrole nitrogens is 1. The highest BCUT2D eigenvalue weighted by Gasteiger charge is 2.26. The summed E-state index contributed by atoms with van der Waals surface area (Å²) in [6.07, 6.45) is 3.31. The molecule has 216 valence electrons. The number of fused-ring (bicyclic) bond motifs is 1. The van der Waals surface area contributed by atoms with Crippen molar-refractivity contribution in [1.82, 2.24) is 20.3 Å². The van der Waals surface area contributed by atoms with E-state index in [1.165, 1.54) is 20.4 Å². The Morgan fingerprint density at radius 1 is 1.15 bits per heavy atom. The number of aromatic nitrogens is 3. The van der Waals surface area contributed by atoms with E-state index < -0.39 is 29.3 Å². The quantitative estimate of drug-likeness (QED) is 0.314. The second-order valence-corrected chi connectivity index (χ2v) is 10.6. The number of amides is 2. The van der Waals surface area contributed by atoms with E-state index in [2.05, 4.69) is 35.6 Å². The molecule has 1 aliphatic rings. The maximum Gasteiger partial charge on any atom is 0.328 e. The van der Waals surface area contributed by atoms with Gasteiger partial charge in [-0.1, -0.05) is 20.8 Å². The number of hydrogen-bond acceptors (Lipinski definition) is 10. The van der Waals surface area contributed by atoms with Gasteiger partial charge in [0.1, 0.15) is 11.9 Å². The van der Waals surface area contributed by atoms with Crippen molar-refractivity contribution in [3.8, 4) is 0 Å². The summed E-state index contributed by atoms with van der Waals surface area (Å²) in [7, 11) is 2.45. The fourth-order valence-corrected chi connectivity index (χ4v) is 4.05. The number of hydrogen-bond donors (Lipinski definition) is 4. The molecule has 3 rings (SSSR count). The lowest BCUT2D eigenvalue weighted by molar-refractivity contribution is -0.144. The average Bonchev–Trinajstić information content (AvgIpc) is 2.93. The molecule has 0 saturated carbocycles. The molecule has 0 aromatic carbocycles. The number of rotatable bonds is 10. The topological polar surface area (TPSA) is 181 Å². The van der Waals surface area contributed by atoms with Crippen LogP contribution < -0.4 is 21.5 Å². The first-order valence-electron chi connectivity index (χ1n) is 13.0. The normalized spacial score (nSPS) is 15.2. The number of nitrogens with zero attached hydrogens (tertiary/aromatic N) is 2. The van der Waals surface area contributed by atoms with Crippen molar-refractivity contribution in [3.05, 3.63) is 45.5 Å². The number of aryl methyl sites for hydroxylation is 1. The molecule has 0 fully saturated rings. The van der Waals surface area contributed by atoms with E-state index in [0.717, 1.165) is 12.1 Å². The Hall–Kier alpha value is -4.29. The Morgan fingerprint density at radius 3 is 2.52 bits per heavy atom. The van der Waals surface area contributed by atoms with Gasteiger partial charge in [-0.25, -0.2) is 4.79 Å². The van der Waals surface area contributed by atoms with Crippen LogP contribution in [0, 0.1) is 11.3 Å². The Balaban J connectivity index is 1.55. The van der Waals surface area contributed by atoms with Crippen LogP contribution in [0.3, 0.4) is 0 Å². The lowest BCUT2D eigenvalue weighted by atomic mass is 9.92. The maximum atomic E-state index is 12.7. The molecule has 1 aliphatic heterocycles. The molecule has 0 saturated heterocycles. The highest BCUT2D eigenvalue weighted by molar-refractivity contribution is 5.96. The smallest absolute Gasteiger partial charge is 0.328 e. The van der Waals surface area contributed by atoms with Crippen molar-refractivity contribution in [3.63, 3.8) is 0 Å². The number of ether oxygens (including phenoxy) is 2. The zero-order valence-electron chi connectivity index (χ0n) is 23.4. The largest absolute Gasteiger partial charge is 0.469 e. The zero-order valence-corrected chi connectivity index (χ0v) is 23.4. The molecule has 0 radical (unpaired) electrons. The van der Waals surface area contributed by atoms with Crippen molar-refractivity contribution in [1.29, 1.82) is 0 Å². The van der Waals surface area contributed by atoms with Crippen LogP contribution in [0.5, 0.6) is 0 Å². The number of carbonyl (C=O) groups is 4. The molecule has 4 N–H and O–H groups in total. The minimum atomic E-state index is -0.999. The van der Waals surface area contributed by atoms with Gasteiger partial charge in [0.25, 0.3) is 11.5 Å². The minimum absolute atomic E-state index is 0.0420. The lowest BCUT2D eigenvalue weighted by Gasteiger charge is -2.25. The van der Waals surface area contributed by atoms with Gasteiger partial charge in [-0.2, -0.15) is 4.98 Å². The highest BCUT2D eigenvalue weighted by Crippen LogP contribution is 2.24. The molecule has 0 aliphatic carbocycles. The summed E-state index contributed by atoms with van der Waals surface area (Å²) in [4.78, 5) is 72.4. The van der Waals surface area contributed by atoms with Crippen LogP contribution >= 0.6 is 0 Å². The van der Waals surface area contributed by atoms with Crippen LogP contribution in [0.2, 0.25) is 0 Å². The summed E-state index contributed by atoms with van der Waals surface area (Å²) in [5.74, 6) is -1.19. The number of aromatic amines is 1. The van der Waals surface area contributed by atoms with Gasteiger partial charge < -0.3 is 20.1 Å². The molecule has 0 bridgehead atoms. The maximum absolute atomic E-state index is 12.7. The predicted molar refractivity (Wildman–Crippen MR) is 146 cm³/mol. The molecule has 2 atom stereocenters. The van der Waals surface area contributed by atoms with Gasteiger partial charge in [-0.15, -0.1) is 0 Å². The van der Waals surface area contributed by atoms with Crippen LogP contribution in [-0.4, -0.2) is 65.5 Å². The second kappa shape index (κ2) is 13.2. The molecule has 2 aromatic heterocycles. The van der Waals surface area contributed by atoms with E-state index >= 15 is 0 Å². The van der Waals surface area contributed by atoms with Crippen molar-refractivity contribution >= 4 is 35.5 Å². The van der Waals surface area contributed by atoms with E-state index in [0.29, 0.717) is 30.8 Å². The molecule has 0 spiro atoms. The Morgan fingerprint density at radius 2 is 1.90 bits per heavy atom. The van der Waals surface area contributed by atoms with Crippen molar-refractivity contribution in [2.24, 2.45) is 11.3 Å². The first kappa shape index (κ1) is 30.3. The molecule has 3 heterocycles. The van der Waals surface area contributed by atoms with Gasteiger partial charge in [-0.05, 0) is 43.7 Å². The molecule has 2 aromatic rings. The number of nitrogens with one attached hydrogen (secondary N) is 4. The molecule has 1 unspecified atom stereocenters. The van der Waals surface area contributed by atoms with Gasteiger partial charge in [0.05, 0.1) is 25.3 Å². The molecule has 40 heavy (non-hydrogen) atoms. The fraction of sp³-hybridized carbons (Fsp3) is 0.519. The van der Waals surface area contributed by atoms with Gasteiger partial charge in [0.2, 0.25) is 11.9 Å². The van der Waals surface area contributed by atoms with Crippen LogP contribution in [0.4, 0.5) is 11.8 Å². The van der Waals surface area contributed by atoms with E-state index in [9.17, 15) is 24.0 Å². The number of carbonyl (C=O) groups excluding carboxylic acids is 4. The zero-order chi connectivity index (χ0) is 29.4. The van der Waals surface area contributed by atoms with Gasteiger partial charge in [0, 0.05) is 30.3 Å². The van der Waals surface area contributed by atoms with Crippen LogP contribution in [0.25, 0.3) is 0 Å². The molecular formula is C27H36N6O7. The predicted octanol–water partition coefficient (Wildman–Crippen LogP) is 1.59. The third kappa shape index (κ3) is 8.10. The monoisotopic (exact) mass is 556 g/mol. The molecule has 13 nitrogen and oxygen atoms in total. The Kier molecular flexibility index (Phi) is 9.97. The summed E-state index contributed by atoms with van der Waals surface area (Å²) in [6.45, 7) is 5.93. The Labute approximate surface area is 231 Å². The number of pyridine rings is 1. The molecule has 2 amide bonds. The van der Waals surface area contributed by atoms with E-state index in [-0.39, 0.29) is 41.7 Å². The minimum Gasteiger partial charge on any atom is -0.469 e. The van der Waals surface area contributed by atoms with Gasteiger partial charge in [-0.3, -0.25) is 34.5 Å². The van der Waals surface area contributed by atoms with Crippen LogP contribution in [-0.2, 0) is 36.7 Å². The third-order valence-corrected chi connectivity index (χ3v) is 6.53. The molecular weight excluding hydrogens is 520 g/mol. The van der Waals surface area contributed by atoms with Crippen LogP contribution in [0.15, 0.2) is 23.1 Å². The first-order chi connectivity index (χ1) is 18.9. The standard InChI is InChI=1S/C27H36N6O7/c1-27(2,3)25(38)33-26-31-21-18(23(36)32-26)12-15(13-29-21)6-8-17-9-7-16(14-28-17)22(35)30-19(24(37)40-5)10-11-20(34)39-4/h7,9,14-15,19H,6,8,10-13H2,1-5H3,(H,30,35)(H3,29,31,32,33,36,38)/t15?,19-/m1/s1. The first-order valence-corrected chi connectivity index (χ1v) is 13.0. The van der Waals surface area contributed by atoms with Gasteiger partial charge in [0.15, 0.2) is 0 Å². The molecule has 13 heteroatoms. The van der Waals surface area contributed by atoms with Crippen molar-refractivity contribution in [2.75, 3.05) is 31.4 Å². The van der Waals surface area contributed by atoms with E-state index in [1.807, 2.05) is 0 Å². The van der Waals surface area contributed by atoms with Gasteiger partial charge >= 0.3 is 11.9 Å². The van der Waals surface area contributed by atoms with Crippen molar-refractivity contribution in [2.45, 2.75) is 58.9 Å². The summed E-state index contributed by atoms with van der Waals surface area (Å²) in [5.41, 5.74) is 0.648. The summed E-state index contributed by atoms with van der Waals surface area (Å²) < 4.78 is 9.30. The third-order valence-electron chi connectivity index (χ3n) is 6.53. The number of anilines is 2. The SMILES string of the molecule is COC(=O)CC[C@@H](NC(=O)c1ccc(CCC2CNc3nc(NC(=O)C(C)(C)C)[nH]c(=O)c3C2)nc1)C(=O)OC. The number of esters is 2. The second-order valence-electron chi connectivity index (χ2n) is 10.6. The van der Waals surface area contributed by atoms with E-state index in [4.69, 9.17) is 4.74 Å². The summed E-state index contributed by atoms with van der Waals surface area (Å²) >= 11 is 0.